The van der Waals surface area contributed by atoms with E-state index in [0.29, 0.717) is 5.46 Å². The Bertz CT molecular complexity index is 746. The first kappa shape index (κ1) is 20.1. The summed E-state index contributed by atoms with van der Waals surface area (Å²) in [5.74, 6) is -1.11. The molecule has 1 amide bonds. The largest absolute Gasteiger partial charge is 0.495 e. The molecular formula is C18H25BFN3O3. The van der Waals surface area contributed by atoms with Gasteiger partial charge in [0, 0.05) is 13.3 Å². The van der Waals surface area contributed by atoms with Gasteiger partial charge in [-0.25, -0.2) is 4.39 Å². The molecule has 1 saturated heterocycles. The number of rotatable bonds is 5. The summed E-state index contributed by atoms with van der Waals surface area (Å²) >= 11 is 0. The quantitative estimate of drug-likeness (QED) is 0.426. The van der Waals surface area contributed by atoms with Crippen LogP contribution in [0.25, 0.3) is 0 Å². The molecule has 6 nitrogen and oxygen atoms in total. The van der Waals surface area contributed by atoms with Crippen molar-refractivity contribution in [2.75, 3.05) is 12.4 Å². The van der Waals surface area contributed by atoms with Crippen molar-refractivity contribution in [2.24, 2.45) is 0 Å². The minimum Gasteiger partial charge on any atom is -0.399 e. The van der Waals surface area contributed by atoms with E-state index in [1.54, 1.807) is 13.1 Å². The smallest absolute Gasteiger partial charge is 0.399 e. The van der Waals surface area contributed by atoms with Gasteiger partial charge in [0.1, 0.15) is 11.5 Å². The van der Waals surface area contributed by atoms with Crippen LogP contribution >= 0.6 is 0 Å². The number of allylic oxidation sites excluding steroid dienone is 1. The number of halogens is 1. The molecule has 1 fully saturated rings. The van der Waals surface area contributed by atoms with Gasteiger partial charge in [0.2, 0.25) is 0 Å². The van der Waals surface area contributed by atoms with Crippen molar-refractivity contribution in [3.63, 3.8) is 0 Å². The average molecular weight is 361 g/mol. The molecule has 0 unspecified atom stereocenters. The first-order valence-electron chi connectivity index (χ1n) is 8.38. The Morgan fingerprint density at radius 2 is 1.81 bits per heavy atom. The van der Waals surface area contributed by atoms with Crippen LogP contribution in [0.1, 0.15) is 33.3 Å². The third-order valence-electron chi connectivity index (χ3n) is 4.88. The Morgan fingerprint density at radius 3 is 2.31 bits per heavy atom. The topological polar surface area (TPSA) is 83.4 Å². The first-order chi connectivity index (χ1) is 12.0. The molecular weight excluding hydrogens is 336 g/mol. The van der Waals surface area contributed by atoms with Crippen LogP contribution in [0.4, 0.5) is 10.1 Å². The van der Waals surface area contributed by atoms with Crippen LogP contribution in [0.15, 0.2) is 23.9 Å². The Kier molecular flexibility index (Phi) is 5.58. The fraction of sp³-hybridized carbons (Fsp3) is 0.444. The van der Waals surface area contributed by atoms with E-state index < -0.39 is 30.0 Å². The monoisotopic (exact) mass is 361 g/mol. The van der Waals surface area contributed by atoms with Crippen LogP contribution < -0.4 is 16.1 Å². The van der Waals surface area contributed by atoms with E-state index in [2.05, 4.69) is 10.6 Å². The summed E-state index contributed by atoms with van der Waals surface area (Å²) in [6.45, 7) is 9.54. The molecule has 0 aromatic heterocycles. The molecule has 26 heavy (non-hydrogen) atoms. The zero-order chi connectivity index (χ0) is 19.7. The van der Waals surface area contributed by atoms with Gasteiger partial charge in [0.05, 0.1) is 16.9 Å². The average Bonchev–Trinajstić information content (AvgIpc) is 2.75. The maximum absolute atomic E-state index is 14.6. The molecule has 1 aromatic rings. The van der Waals surface area contributed by atoms with E-state index >= 15 is 0 Å². The molecule has 1 aliphatic heterocycles. The summed E-state index contributed by atoms with van der Waals surface area (Å²) < 4.78 is 26.5. The van der Waals surface area contributed by atoms with Crippen LogP contribution in [0.2, 0.25) is 0 Å². The summed E-state index contributed by atoms with van der Waals surface area (Å²) in [4.78, 5) is 12.1. The van der Waals surface area contributed by atoms with Crippen molar-refractivity contribution in [3.05, 3.63) is 35.3 Å². The lowest BCUT2D eigenvalue weighted by molar-refractivity contribution is -0.113. The number of anilines is 1. The fourth-order valence-corrected chi connectivity index (χ4v) is 2.56. The highest BCUT2D eigenvalue weighted by atomic mass is 19.1. The molecule has 0 bridgehead atoms. The van der Waals surface area contributed by atoms with Gasteiger partial charge in [0.15, 0.2) is 0 Å². The Labute approximate surface area is 153 Å². The zero-order valence-electron chi connectivity index (χ0n) is 16.0. The second-order valence-corrected chi connectivity index (χ2v) is 7.23. The molecule has 140 valence electrons. The van der Waals surface area contributed by atoms with E-state index in [1.165, 1.54) is 12.1 Å². The van der Waals surface area contributed by atoms with Crippen LogP contribution in [0.3, 0.4) is 0 Å². The van der Waals surface area contributed by atoms with E-state index in [1.807, 2.05) is 34.6 Å². The normalized spacial score (nSPS) is 18.6. The molecule has 0 spiro atoms. The van der Waals surface area contributed by atoms with E-state index in [9.17, 15) is 9.18 Å². The van der Waals surface area contributed by atoms with Gasteiger partial charge >= 0.3 is 7.12 Å². The Hall–Kier alpha value is -2.19. The number of amides is 1. The van der Waals surface area contributed by atoms with Gasteiger partial charge in [-0.3, -0.25) is 4.79 Å². The van der Waals surface area contributed by atoms with Crippen molar-refractivity contribution < 1.29 is 18.5 Å². The SMILES string of the molecule is CN/C(=C\C=N)C(=O)Nc1cc(C)c(B2OC(C)(C)C(C)(C)O2)cc1F. The Balaban J connectivity index is 2.28. The van der Waals surface area contributed by atoms with E-state index in [4.69, 9.17) is 14.7 Å². The number of carbonyl (C=O) groups excluding carboxylic acids is 1. The predicted molar refractivity (Wildman–Crippen MR) is 101 cm³/mol. The second kappa shape index (κ2) is 7.21. The molecule has 8 heteroatoms. The number of benzene rings is 1. The third-order valence-corrected chi connectivity index (χ3v) is 4.88. The standard InChI is InChI=1S/C18H25BFN3O3/c1-11-9-15(23-16(24)14(22-6)7-8-21)13(20)10-12(11)19-25-17(2,3)18(4,5)26-19/h7-10,21-22H,1-6H3,(H,23,24)/b14-7-,21-8?. The van der Waals surface area contributed by atoms with Gasteiger partial charge in [0.25, 0.3) is 5.91 Å². The molecule has 1 heterocycles. The van der Waals surface area contributed by atoms with E-state index in [-0.39, 0.29) is 11.4 Å². The summed E-state index contributed by atoms with van der Waals surface area (Å²) in [5.41, 5.74) is 0.496. The number of hydrogen-bond acceptors (Lipinski definition) is 5. The molecule has 0 aliphatic carbocycles. The minimum absolute atomic E-state index is 0.0545. The molecule has 2 rings (SSSR count). The molecule has 1 aliphatic rings. The van der Waals surface area contributed by atoms with Gasteiger partial charge in [-0.1, -0.05) is 0 Å². The molecule has 0 radical (unpaired) electrons. The molecule has 0 saturated carbocycles. The van der Waals surface area contributed by atoms with Gasteiger partial charge in [-0.15, -0.1) is 0 Å². The summed E-state index contributed by atoms with van der Waals surface area (Å²) in [5, 5.41) is 12.2. The molecule has 0 atom stereocenters. The predicted octanol–water partition coefficient (Wildman–Crippen LogP) is 2.12. The van der Waals surface area contributed by atoms with Crippen LogP contribution in [0, 0.1) is 18.2 Å². The number of aryl methyl sites for hydroxylation is 1. The number of likely N-dealkylation sites (N-methyl/N-ethyl adjacent to an activating group) is 1. The third kappa shape index (κ3) is 3.81. The van der Waals surface area contributed by atoms with Crippen molar-refractivity contribution in [3.8, 4) is 0 Å². The minimum atomic E-state index is -0.676. The zero-order valence-corrected chi connectivity index (χ0v) is 16.0. The Morgan fingerprint density at radius 1 is 1.23 bits per heavy atom. The molecule has 3 N–H and O–H groups in total. The van der Waals surface area contributed by atoms with Crippen molar-refractivity contribution in [1.82, 2.24) is 5.32 Å². The fourth-order valence-electron chi connectivity index (χ4n) is 2.56. The summed E-state index contributed by atoms with van der Waals surface area (Å²) in [7, 11) is 0.877. The highest BCUT2D eigenvalue weighted by Gasteiger charge is 2.52. The van der Waals surface area contributed by atoms with Crippen molar-refractivity contribution in [2.45, 2.75) is 45.8 Å². The van der Waals surface area contributed by atoms with Crippen LogP contribution in [0.5, 0.6) is 0 Å². The number of carbonyl (C=O) groups is 1. The maximum Gasteiger partial charge on any atom is 0.495 e. The van der Waals surface area contributed by atoms with Gasteiger partial charge in [-0.05, 0) is 63.9 Å². The number of nitrogens with one attached hydrogen (secondary N) is 3. The lowest BCUT2D eigenvalue weighted by Gasteiger charge is -2.32. The highest BCUT2D eigenvalue weighted by molar-refractivity contribution is 6.62. The maximum atomic E-state index is 14.6. The van der Waals surface area contributed by atoms with Gasteiger partial charge < -0.3 is 25.4 Å². The van der Waals surface area contributed by atoms with Crippen molar-refractivity contribution >= 4 is 30.4 Å². The van der Waals surface area contributed by atoms with Crippen molar-refractivity contribution in [1.29, 1.82) is 5.41 Å². The highest BCUT2D eigenvalue weighted by Crippen LogP contribution is 2.36. The number of hydrogen-bond donors (Lipinski definition) is 3. The lowest BCUT2D eigenvalue weighted by Crippen LogP contribution is -2.41. The van der Waals surface area contributed by atoms with Crippen LogP contribution in [-0.4, -0.2) is 37.5 Å². The molecule has 1 aromatic carbocycles. The summed E-state index contributed by atoms with van der Waals surface area (Å²) in [6, 6.07) is 2.87. The first-order valence-corrected chi connectivity index (χ1v) is 8.38. The summed E-state index contributed by atoms with van der Waals surface area (Å²) in [6.07, 6.45) is 2.27. The van der Waals surface area contributed by atoms with Crippen LogP contribution in [-0.2, 0) is 14.1 Å². The lowest BCUT2D eigenvalue weighted by atomic mass is 9.76. The van der Waals surface area contributed by atoms with Gasteiger partial charge in [-0.2, -0.15) is 0 Å². The van der Waals surface area contributed by atoms with E-state index in [0.717, 1.165) is 11.8 Å². The second-order valence-electron chi connectivity index (χ2n) is 7.23.